The SMILES string of the molecule is COC(=O)[C@@H]1Cc2ccc(OC)c(c2)-c2cc(ccc2OC)[C@H](N)C(=O)N[C@@H](C)C(=O)N1. The number of ether oxygens (including phenoxy) is 3. The molecule has 4 bridgehead atoms. The third-order valence-corrected chi connectivity index (χ3v) is 5.41. The Morgan fingerprint density at radius 3 is 2.19 bits per heavy atom. The molecule has 1 aliphatic rings. The number of esters is 1. The molecule has 0 saturated heterocycles. The lowest BCUT2D eigenvalue weighted by molar-refractivity contribution is -0.145. The summed E-state index contributed by atoms with van der Waals surface area (Å²) in [4.78, 5) is 37.7. The zero-order valence-electron chi connectivity index (χ0n) is 18.4. The van der Waals surface area contributed by atoms with Gasteiger partial charge in [-0.3, -0.25) is 9.59 Å². The Morgan fingerprint density at radius 1 is 0.938 bits per heavy atom. The molecule has 2 amide bonds. The summed E-state index contributed by atoms with van der Waals surface area (Å²) in [5.41, 5.74) is 8.87. The quantitative estimate of drug-likeness (QED) is 0.608. The lowest BCUT2D eigenvalue weighted by Gasteiger charge is -2.23. The van der Waals surface area contributed by atoms with Crippen molar-refractivity contribution in [3.8, 4) is 22.6 Å². The van der Waals surface area contributed by atoms with E-state index in [2.05, 4.69) is 10.6 Å². The molecular weight excluding hydrogens is 414 g/mol. The molecule has 170 valence electrons. The molecule has 2 aromatic carbocycles. The minimum Gasteiger partial charge on any atom is -0.496 e. The molecule has 3 rings (SSSR count). The van der Waals surface area contributed by atoms with E-state index in [1.54, 1.807) is 38.5 Å². The molecule has 0 saturated carbocycles. The van der Waals surface area contributed by atoms with E-state index in [9.17, 15) is 14.4 Å². The van der Waals surface area contributed by atoms with Crippen LogP contribution in [0.1, 0.15) is 24.1 Å². The standard InChI is InChI=1S/C23H27N3O6/c1-12-21(27)26-17(23(29)32-4)10-13-5-7-18(30-2)15(9-13)16-11-14(6-8-19(16)31-3)20(24)22(28)25-12/h5-9,11-12,17,20H,10,24H2,1-4H3,(H,25,28)(H,26,27)/t12-,17-,20-/m0/s1. The molecule has 1 aliphatic heterocycles. The molecule has 0 aliphatic carbocycles. The van der Waals surface area contributed by atoms with Gasteiger partial charge in [0.15, 0.2) is 0 Å². The van der Waals surface area contributed by atoms with Gasteiger partial charge in [-0.1, -0.05) is 12.1 Å². The zero-order valence-corrected chi connectivity index (χ0v) is 18.4. The van der Waals surface area contributed by atoms with Crippen LogP contribution in [0.15, 0.2) is 36.4 Å². The Bertz CT molecular complexity index is 1040. The summed E-state index contributed by atoms with van der Waals surface area (Å²) in [5.74, 6) is -0.521. The first-order valence-corrected chi connectivity index (χ1v) is 10.1. The highest BCUT2D eigenvalue weighted by Crippen LogP contribution is 2.38. The van der Waals surface area contributed by atoms with Gasteiger partial charge in [0.1, 0.15) is 29.6 Å². The summed E-state index contributed by atoms with van der Waals surface area (Å²) in [6.45, 7) is 1.52. The first kappa shape index (κ1) is 23.1. The number of carbonyl (C=O) groups excluding carboxylic acids is 3. The maximum absolute atomic E-state index is 12.7. The Labute approximate surface area is 186 Å². The molecule has 0 aromatic heterocycles. The van der Waals surface area contributed by atoms with E-state index in [-0.39, 0.29) is 6.42 Å². The maximum atomic E-state index is 12.7. The zero-order chi connectivity index (χ0) is 23.4. The van der Waals surface area contributed by atoms with Gasteiger partial charge in [-0.2, -0.15) is 0 Å². The summed E-state index contributed by atoms with van der Waals surface area (Å²) >= 11 is 0. The smallest absolute Gasteiger partial charge is 0.328 e. The predicted molar refractivity (Wildman–Crippen MR) is 117 cm³/mol. The summed E-state index contributed by atoms with van der Waals surface area (Å²) in [6, 6.07) is 7.74. The molecule has 1 heterocycles. The predicted octanol–water partition coefficient (Wildman–Crippen LogP) is 1.09. The molecule has 4 N–H and O–H groups in total. The number of carbonyl (C=O) groups is 3. The van der Waals surface area contributed by atoms with Gasteiger partial charge in [-0.25, -0.2) is 4.79 Å². The van der Waals surface area contributed by atoms with Crippen LogP contribution in [0.3, 0.4) is 0 Å². The molecule has 2 aromatic rings. The van der Waals surface area contributed by atoms with Crippen LogP contribution in [0.5, 0.6) is 11.5 Å². The molecule has 32 heavy (non-hydrogen) atoms. The van der Waals surface area contributed by atoms with Crippen LogP contribution in [-0.4, -0.2) is 51.2 Å². The van der Waals surface area contributed by atoms with Crippen molar-refractivity contribution in [3.63, 3.8) is 0 Å². The molecule has 0 spiro atoms. The van der Waals surface area contributed by atoms with Gasteiger partial charge in [0.2, 0.25) is 11.8 Å². The average molecular weight is 441 g/mol. The van der Waals surface area contributed by atoms with Gasteiger partial charge in [-0.15, -0.1) is 0 Å². The number of fused-ring (bicyclic) bond motifs is 5. The topological polar surface area (TPSA) is 129 Å². The van der Waals surface area contributed by atoms with Crippen LogP contribution in [0.4, 0.5) is 0 Å². The van der Waals surface area contributed by atoms with Gasteiger partial charge < -0.3 is 30.6 Å². The number of hydrogen-bond donors (Lipinski definition) is 3. The highest BCUT2D eigenvalue weighted by atomic mass is 16.5. The minimum absolute atomic E-state index is 0.178. The molecule has 9 heteroatoms. The van der Waals surface area contributed by atoms with Gasteiger partial charge >= 0.3 is 5.97 Å². The van der Waals surface area contributed by atoms with Gasteiger partial charge in [0, 0.05) is 17.5 Å². The highest BCUT2D eigenvalue weighted by molar-refractivity contribution is 5.92. The molecule has 0 fully saturated rings. The van der Waals surface area contributed by atoms with E-state index in [4.69, 9.17) is 19.9 Å². The van der Waals surface area contributed by atoms with Crippen molar-refractivity contribution < 1.29 is 28.6 Å². The van der Waals surface area contributed by atoms with Crippen molar-refractivity contribution in [2.45, 2.75) is 31.5 Å². The normalized spacial score (nSPS) is 21.0. The fourth-order valence-electron chi connectivity index (χ4n) is 3.61. The number of nitrogens with two attached hydrogens (primary N) is 1. The Morgan fingerprint density at radius 2 is 1.56 bits per heavy atom. The number of rotatable bonds is 3. The molecule has 0 radical (unpaired) electrons. The van der Waals surface area contributed by atoms with E-state index in [0.717, 1.165) is 5.56 Å². The number of hydrogen-bond acceptors (Lipinski definition) is 7. The largest absolute Gasteiger partial charge is 0.496 e. The van der Waals surface area contributed by atoms with Gasteiger partial charge in [0.05, 0.1) is 21.3 Å². The summed E-state index contributed by atoms with van der Waals surface area (Å²) in [5, 5.41) is 5.24. The van der Waals surface area contributed by atoms with Crippen molar-refractivity contribution in [2.24, 2.45) is 5.73 Å². The van der Waals surface area contributed by atoms with Crippen LogP contribution in [0.25, 0.3) is 11.1 Å². The first-order chi connectivity index (χ1) is 15.3. The Kier molecular flexibility index (Phi) is 6.99. The molecule has 3 atom stereocenters. The monoisotopic (exact) mass is 441 g/mol. The van der Waals surface area contributed by atoms with Crippen molar-refractivity contribution in [2.75, 3.05) is 21.3 Å². The van der Waals surface area contributed by atoms with E-state index in [1.807, 2.05) is 12.1 Å². The molecule has 9 nitrogen and oxygen atoms in total. The number of benzene rings is 2. The summed E-state index contributed by atoms with van der Waals surface area (Å²) in [7, 11) is 4.34. The maximum Gasteiger partial charge on any atom is 0.328 e. The Balaban J connectivity index is 2.21. The number of nitrogens with one attached hydrogen (secondary N) is 2. The van der Waals surface area contributed by atoms with Crippen molar-refractivity contribution in [3.05, 3.63) is 47.5 Å². The van der Waals surface area contributed by atoms with Crippen molar-refractivity contribution in [1.82, 2.24) is 10.6 Å². The van der Waals surface area contributed by atoms with Crippen LogP contribution in [0.2, 0.25) is 0 Å². The second-order valence-corrected chi connectivity index (χ2v) is 7.49. The Hall–Kier alpha value is -3.59. The minimum atomic E-state index is -1.02. The second-order valence-electron chi connectivity index (χ2n) is 7.49. The lowest BCUT2D eigenvalue weighted by Crippen LogP contribution is -2.52. The van der Waals surface area contributed by atoms with Gasteiger partial charge in [-0.05, 0) is 42.3 Å². The fourth-order valence-corrected chi connectivity index (χ4v) is 3.61. The average Bonchev–Trinajstić information content (AvgIpc) is 2.81. The molecule has 0 unspecified atom stereocenters. The van der Waals surface area contributed by atoms with Crippen LogP contribution in [-0.2, 0) is 25.5 Å². The van der Waals surface area contributed by atoms with Crippen LogP contribution < -0.4 is 25.8 Å². The number of amides is 2. The molecular formula is C23H27N3O6. The first-order valence-electron chi connectivity index (χ1n) is 10.1. The van der Waals surface area contributed by atoms with E-state index in [1.165, 1.54) is 14.0 Å². The third-order valence-electron chi connectivity index (χ3n) is 5.41. The van der Waals surface area contributed by atoms with Gasteiger partial charge in [0.25, 0.3) is 0 Å². The van der Waals surface area contributed by atoms with Crippen LogP contribution >= 0.6 is 0 Å². The van der Waals surface area contributed by atoms with Crippen molar-refractivity contribution in [1.29, 1.82) is 0 Å². The fraction of sp³-hybridized carbons (Fsp3) is 0.348. The summed E-state index contributed by atoms with van der Waals surface area (Å²) < 4.78 is 15.9. The van der Waals surface area contributed by atoms with E-state index < -0.39 is 35.9 Å². The number of methoxy groups -OCH3 is 3. The highest BCUT2D eigenvalue weighted by Gasteiger charge is 2.28. The third kappa shape index (κ3) is 4.67. The van der Waals surface area contributed by atoms with E-state index in [0.29, 0.717) is 28.2 Å². The lowest BCUT2D eigenvalue weighted by atomic mass is 9.94. The van der Waals surface area contributed by atoms with Crippen molar-refractivity contribution >= 4 is 17.8 Å². The van der Waals surface area contributed by atoms with Crippen LogP contribution in [0, 0.1) is 0 Å². The summed E-state index contributed by atoms with van der Waals surface area (Å²) in [6.07, 6.45) is 0.178. The second kappa shape index (κ2) is 9.69. The van der Waals surface area contributed by atoms with E-state index >= 15 is 0 Å².